The van der Waals surface area contributed by atoms with Gasteiger partial charge in [0, 0.05) is 24.6 Å². The molecule has 1 heterocycles. The summed E-state index contributed by atoms with van der Waals surface area (Å²) in [7, 11) is -2.16. The summed E-state index contributed by atoms with van der Waals surface area (Å²) in [6, 6.07) is 11.5. The molecule has 138 valence electrons. The van der Waals surface area contributed by atoms with Crippen LogP contribution >= 0.6 is 0 Å². The summed E-state index contributed by atoms with van der Waals surface area (Å²) in [4.78, 5) is 12.8. The lowest BCUT2D eigenvalue weighted by Crippen LogP contribution is -2.42. The van der Waals surface area contributed by atoms with E-state index in [2.05, 4.69) is 0 Å². The number of methoxy groups -OCH3 is 1. The van der Waals surface area contributed by atoms with E-state index in [-0.39, 0.29) is 17.2 Å². The minimum absolute atomic E-state index is 0.130. The maximum Gasteiger partial charge on any atom is 0.243 e. The van der Waals surface area contributed by atoms with Gasteiger partial charge in [-0.2, -0.15) is 4.31 Å². The van der Waals surface area contributed by atoms with E-state index in [4.69, 9.17) is 4.74 Å². The number of benzene rings is 2. The fourth-order valence-corrected chi connectivity index (χ4v) is 4.65. The zero-order valence-corrected chi connectivity index (χ0v) is 15.2. The maximum absolute atomic E-state index is 13.0. The molecule has 0 bridgehead atoms. The van der Waals surface area contributed by atoms with E-state index in [1.807, 2.05) is 0 Å². The molecule has 0 radical (unpaired) electrons. The van der Waals surface area contributed by atoms with Crippen molar-refractivity contribution in [3.63, 3.8) is 0 Å². The summed E-state index contributed by atoms with van der Waals surface area (Å²) in [6.07, 6.45) is 1.22. The molecular formula is C19H20FNO4S. The summed E-state index contributed by atoms with van der Waals surface area (Å²) in [5.41, 5.74) is 0.403. The van der Waals surface area contributed by atoms with E-state index < -0.39 is 21.8 Å². The van der Waals surface area contributed by atoms with Crippen molar-refractivity contribution in [1.29, 1.82) is 0 Å². The largest absolute Gasteiger partial charge is 0.497 e. The highest BCUT2D eigenvalue weighted by Gasteiger charge is 2.33. The molecule has 1 saturated heterocycles. The minimum atomic E-state index is -3.68. The molecule has 26 heavy (non-hydrogen) atoms. The first-order valence-corrected chi connectivity index (χ1v) is 9.80. The number of nitrogens with zero attached hydrogens (tertiary/aromatic N) is 1. The number of sulfonamides is 1. The highest BCUT2D eigenvalue weighted by atomic mass is 32.2. The van der Waals surface area contributed by atoms with Gasteiger partial charge in [0.05, 0.1) is 12.0 Å². The second-order valence-corrected chi connectivity index (χ2v) is 8.19. The van der Waals surface area contributed by atoms with Crippen molar-refractivity contribution in [3.8, 4) is 5.75 Å². The third kappa shape index (κ3) is 3.78. The summed E-state index contributed by atoms with van der Waals surface area (Å²) in [6.45, 7) is 0.506. The minimum Gasteiger partial charge on any atom is -0.497 e. The predicted molar refractivity (Wildman–Crippen MR) is 95.2 cm³/mol. The van der Waals surface area contributed by atoms with E-state index in [0.717, 1.165) is 0 Å². The normalized spacial score (nSPS) is 18.5. The molecule has 0 N–H and O–H groups in total. The van der Waals surface area contributed by atoms with E-state index >= 15 is 0 Å². The number of carbonyl (C=O) groups is 1. The quantitative estimate of drug-likeness (QED) is 0.751. The lowest BCUT2D eigenvalue weighted by Gasteiger charge is -2.31. The number of halogens is 1. The topological polar surface area (TPSA) is 63.7 Å². The van der Waals surface area contributed by atoms with Crippen LogP contribution in [0.25, 0.3) is 0 Å². The Labute approximate surface area is 152 Å². The Morgan fingerprint density at radius 1 is 1.12 bits per heavy atom. The van der Waals surface area contributed by atoms with Crippen molar-refractivity contribution >= 4 is 15.8 Å². The van der Waals surface area contributed by atoms with Crippen LogP contribution in [0.2, 0.25) is 0 Å². The maximum atomic E-state index is 13.0. The van der Waals surface area contributed by atoms with Gasteiger partial charge in [0.1, 0.15) is 11.6 Å². The third-order valence-corrected chi connectivity index (χ3v) is 6.46. The first-order valence-electron chi connectivity index (χ1n) is 8.36. The Hall–Kier alpha value is -2.25. The molecule has 0 aliphatic carbocycles. The Morgan fingerprint density at radius 2 is 1.77 bits per heavy atom. The SMILES string of the molecule is COc1ccc(S(=O)(=O)N2CCCC(C(=O)c3ccc(F)cc3)C2)cc1. The van der Waals surface area contributed by atoms with Crippen LogP contribution in [0.15, 0.2) is 53.4 Å². The van der Waals surface area contributed by atoms with Crippen molar-refractivity contribution < 1.29 is 22.3 Å². The number of rotatable bonds is 5. The third-order valence-electron chi connectivity index (χ3n) is 4.58. The van der Waals surface area contributed by atoms with Crippen molar-refractivity contribution in [3.05, 3.63) is 59.9 Å². The number of piperidine rings is 1. The number of ketones is 1. The fraction of sp³-hybridized carbons (Fsp3) is 0.316. The Kier molecular flexibility index (Phi) is 5.38. The number of hydrogen-bond acceptors (Lipinski definition) is 4. The molecular weight excluding hydrogens is 357 g/mol. The Morgan fingerprint density at radius 3 is 2.38 bits per heavy atom. The summed E-state index contributed by atoms with van der Waals surface area (Å²) < 4.78 is 45.2. The number of ether oxygens (including phenoxy) is 1. The van der Waals surface area contributed by atoms with Gasteiger partial charge in [-0.3, -0.25) is 4.79 Å². The Bertz CT molecular complexity index is 879. The van der Waals surface area contributed by atoms with Gasteiger partial charge in [-0.15, -0.1) is 0 Å². The van der Waals surface area contributed by atoms with Crippen LogP contribution in [-0.2, 0) is 10.0 Å². The molecule has 3 rings (SSSR count). The van der Waals surface area contributed by atoms with Crippen LogP contribution in [0.1, 0.15) is 23.2 Å². The van der Waals surface area contributed by atoms with Crippen LogP contribution in [0.5, 0.6) is 5.75 Å². The van der Waals surface area contributed by atoms with E-state index in [1.54, 1.807) is 12.1 Å². The second kappa shape index (κ2) is 7.55. The molecule has 2 aromatic carbocycles. The van der Waals surface area contributed by atoms with Gasteiger partial charge in [-0.25, -0.2) is 12.8 Å². The average molecular weight is 377 g/mol. The highest BCUT2D eigenvalue weighted by Crippen LogP contribution is 2.27. The smallest absolute Gasteiger partial charge is 0.243 e. The molecule has 5 nitrogen and oxygen atoms in total. The predicted octanol–water partition coefficient (Wildman–Crippen LogP) is 3.12. The van der Waals surface area contributed by atoms with E-state index in [9.17, 15) is 17.6 Å². The van der Waals surface area contributed by atoms with Crippen LogP contribution in [-0.4, -0.2) is 38.7 Å². The average Bonchev–Trinajstić information content (AvgIpc) is 2.68. The molecule has 1 fully saturated rings. The van der Waals surface area contributed by atoms with Crippen molar-refractivity contribution in [2.45, 2.75) is 17.7 Å². The molecule has 1 aliphatic rings. The highest BCUT2D eigenvalue weighted by molar-refractivity contribution is 7.89. The molecule has 0 aromatic heterocycles. The van der Waals surface area contributed by atoms with Crippen molar-refractivity contribution in [1.82, 2.24) is 4.31 Å². The fourth-order valence-electron chi connectivity index (χ4n) is 3.12. The standard InChI is InChI=1S/C19H20FNO4S/c1-25-17-8-10-18(11-9-17)26(23,24)21-12-2-3-15(13-21)19(22)14-4-6-16(20)7-5-14/h4-11,15H,2-3,12-13H2,1H3. The van der Waals surface area contributed by atoms with Crippen LogP contribution in [0, 0.1) is 11.7 Å². The summed E-state index contributed by atoms with van der Waals surface area (Å²) in [5, 5.41) is 0. The number of hydrogen-bond donors (Lipinski definition) is 0. The summed E-state index contributed by atoms with van der Waals surface area (Å²) >= 11 is 0. The van der Waals surface area contributed by atoms with E-state index in [1.165, 1.54) is 47.8 Å². The lowest BCUT2D eigenvalue weighted by molar-refractivity contribution is 0.0872. The zero-order chi connectivity index (χ0) is 18.7. The van der Waals surface area contributed by atoms with Gasteiger partial charge in [0.25, 0.3) is 0 Å². The Balaban J connectivity index is 1.78. The van der Waals surface area contributed by atoms with Gasteiger partial charge >= 0.3 is 0 Å². The molecule has 2 aromatic rings. The molecule has 0 saturated carbocycles. The second-order valence-electron chi connectivity index (χ2n) is 6.25. The first kappa shape index (κ1) is 18.5. The van der Waals surface area contributed by atoms with Crippen molar-refractivity contribution in [2.24, 2.45) is 5.92 Å². The van der Waals surface area contributed by atoms with Crippen molar-refractivity contribution in [2.75, 3.05) is 20.2 Å². The van der Waals surface area contributed by atoms with Crippen LogP contribution < -0.4 is 4.74 Å². The van der Waals surface area contributed by atoms with Gasteiger partial charge in [0.15, 0.2) is 5.78 Å². The lowest BCUT2D eigenvalue weighted by atomic mass is 9.91. The van der Waals surface area contributed by atoms with E-state index in [0.29, 0.717) is 30.7 Å². The van der Waals surface area contributed by atoms with Crippen LogP contribution in [0.4, 0.5) is 4.39 Å². The summed E-state index contributed by atoms with van der Waals surface area (Å²) in [5.74, 6) is -0.414. The molecule has 0 spiro atoms. The monoisotopic (exact) mass is 377 g/mol. The van der Waals surface area contributed by atoms with Crippen LogP contribution in [0.3, 0.4) is 0 Å². The van der Waals surface area contributed by atoms with Gasteiger partial charge < -0.3 is 4.74 Å². The number of Topliss-reactive ketones (excluding diaryl/α,β-unsaturated/α-hetero) is 1. The number of carbonyl (C=O) groups excluding carboxylic acids is 1. The zero-order valence-electron chi connectivity index (χ0n) is 14.4. The van der Waals surface area contributed by atoms with Gasteiger partial charge in [-0.1, -0.05) is 0 Å². The van der Waals surface area contributed by atoms with Gasteiger partial charge in [-0.05, 0) is 61.4 Å². The molecule has 1 atom stereocenters. The molecule has 0 amide bonds. The molecule has 1 unspecified atom stereocenters. The molecule has 7 heteroatoms. The van der Waals surface area contributed by atoms with Gasteiger partial charge in [0.2, 0.25) is 10.0 Å². The molecule has 1 aliphatic heterocycles. The first-order chi connectivity index (χ1) is 12.4.